The lowest BCUT2D eigenvalue weighted by Gasteiger charge is -2.29. The Labute approximate surface area is 93.6 Å². The highest BCUT2D eigenvalue weighted by atomic mass is 16.5. The molecule has 0 spiro atoms. The maximum absolute atomic E-state index is 11.5. The molecule has 0 bridgehead atoms. The summed E-state index contributed by atoms with van der Waals surface area (Å²) in [5, 5.41) is 3.35. The predicted octanol–water partition coefficient (Wildman–Crippen LogP) is 2.50. The van der Waals surface area contributed by atoms with Crippen LogP contribution in [0.1, 0.15) is 53.4 Å². The van der Waals surface area contributed by atoms with Gasteiger partial charge in [0.05, 0.1) is 7.11 Å². The molecular formula is C12H25NO2. The summed E-state index contributed by atoms with van der Waals surface area (Å²) in [4.78, 5) is 11.5. The standard InChI is InChI=1S/C12H25NO2/c1-6-8-9-10(7-2)13-12(3,4)11(14)15-5/h10,13H,6-9H2,1-5H3. The number of rotatable bonds is 7. The Balaban J connectivity index is 4.20. The van der Waals surface area contributed by atoms with Gasteiger partial charge in [-0.05, 0) is 26.7 Å². The first-order valence-electron chi connectivity index (χ1n) is 5.84. The quantitative estimate of drug-likeness (QED) is 0.663. The molecule has 0 aromatic rings. The van der Waals surface area contributed by atoms with E-state index in [-0.39, 0.29) is 5.97 Å². The Hall–Kier alpha value is -0.570. The lowest BCUT2D eigenvalue weighted by molar-refractivity contribution is -0.147. The fourth-order valence-electron chi connectivity index (χ4n) is 1.65. The molecule has 0 radical (unpaired) electrons. The summed E-state index contributed by atoms with van der Waals surface area (Å²) in [6.45, 7) is 8.06. The van der Waals surface area contributed by atoms with Crippen LogP contribution in [0.5, 0.6) is 0 Å². The molecule has 0 fully saturated rings. The van der Waals surface area contributed by atoms with Crippen LogP contribution in [-0.4, -0.2) is 24.7 Å². The summed E-state index contributed by atoms with van der Waals surface area (Å²) in [5.41, 5.74) is -0.580. The predicted molar refractivity (Wildman–Crippen MR) is 62.8 cm³/mol. The fraction of sp³-hybridized carbons (Fsp3) is 0.917. The molecule has 0 aromatic carbocycles. The van der Waals surface area contributed by atoms with Gasteiger partial charge in [0.25, 0.3) is 0 Å². The van der Waals surface area contributed by atoms with Crippen LogP contribution in [0, 0.1) is 0 Å². The van der Waals surface area contributed by atoms with Crippen molar-refractivity contribution in [3.63, 3.8) is 0 Å². The van der Waals surface area contributed by atoms with Gasteiger partial charge in [-0.1, -0.05) is 26.7 Å². The Morgan fingerprint density at radius 1 is 1.40 bits per heavy atom. The van der Waals surface area contributed by atoms with E-state index in [4.69, 9.17) is 4.74 Å². The summed E-state index contributed by atoms with van der Waals surface area (Å²) in [7, 11) is 1.43. The third-order valence-electron chi connectivity index (χ3n) is 2.66. The molecule has 0 aliphatic heterocycles. The van der Waals surface area contributed by atoms with Gasteiger partial charge in [0, 0.05) is 6.04 Å². The molecule has 0 aliphatic carbocycles. The van der Waals surface area contributed by atoms with Crippen molar-refractivity contribution in [2.45, 2.75) is 65.0 Å². The first kappa shape index (κ1) is 14.4. The van der Waals surface area contributed by atoms with Crippen LogP contribution in [0.3, 0.4) is 0 Å². The molecule has 0 saturated carbocycles. The van der Waals surface area contributed by atoms with Gasteiger partial charge >= 0.3 is 5.97 Å². The van der Waals surface area contributed by atoms with Gasteiger partial charge in [-0.3, -0.25) is 10.1 Å². The van der Waals surface area contributed by atoms with E-state index >= 15 is 0 Å². The topological polar surface area (TPSA) is 38.3 Å². The van der Waals surface area contributed by atoms with E-state index in [9.17, 15) is 4.79 Å². The third kappa shape index (κ3) is 5.17. The third-order valence-corrected chi connectivity index (χ3v) is 2.66. The minimum Gasteiger partial charge on any atom is -0.468 e. The maximum Gasteiger partial charge on any atom is 0.325 e. The van der Waals surface area contributed by atoms with Crippen molar-refractivity contribution in [2.75, 3.05) is 7.11 Å². The Bertz CT molecular complexity index is 190. The van der Waals surface area contributed by atoms with Gasteiger partial charge in [-0.15, -0.1) is 0 Å². The number of carbonyl (C=O) groups is 1. The molecule has 0 heterocycles. The maximum atomic E-state index is 11.5. The zero-order valence-electron chi connectivity index (χ0n) is 10.7. The number of methoxy groups -OCH3 is 1. The van der Waals surface area contributed by atoms with E-state index in [2.05, 4.69) is 19.2 Å². The molecule has 1 unspecified atom stereocenters. The minimum absolute atomic E-state index is 0.197. The molecule has 0 amide bonds. The molecule has 0 rings (SSSR count). The monoisotopic (exact) mass is 215 g/mol. The summed E-state index contributed by atoms with van der Waals surface area (Å²) in [5.74, 6) is -0.197. The summed E-state index contributed by atoms with van der Waals surface area (Å²) in [6, 6.07) is 0.402. The second-order valence-corrected chi connectivity index (χ2v) is 4.51. The van der Waals surface area contributed by atoms with Crippen LogP contribution < -0.4 is 5.32 Å². The van der Waals surface area contributed by atoms with Crippen molar-refractivity contribution in [1.29, 1.82) is 0 Å². The largest absolute Gasteiger partial charge is 0.468 e. The summed E-state index contributed by atoms with van der Waals surface area (Å²) >= 11 is 0. The second-order valence-electron chi connectivity index (χ2n) is 4.51. The molecule has 3 heteroatoms. The Morgan fingerprint density at radius 3 is 2.40 bits per heavy atom. The van der Waals surface area contributed by atoms with Gasteiger partial charge in [-0.2, -0.15) is 0 Å². The first-order valence-corrected chi connectivity index (χ1v) is 5.84. The smallest absolute Gasteiger partial charge is 0.325 e. The van der Waals surface area contributed by atoms with Crippen LogP contribution in [0.2, 0.25) is 0 Å². The van der Waals surface area contributed by atoms with Crippen molar-refractivity contribution >= 4 is 5.97 Å². The average Bonchev–Trinajstić information content (AvgIpc) is 2.22. The van der Waals surface area contributed by atoms with E-state index < -0.39 is 5.54 Å². The van der Waals surface area contributed by atoms with Crippen molar-refractivity contribution < 1.29 is 9.53 Å². The van der Waals surface area contributed by atoms with Gasteiger partial charge in [0.2, 0.25) is 0 Å². The number of hydrogen-bond acceptors (Lipinski definition) is 3. The van der Waals surface area contributed by atoms with Gasteiger partial charge in [-0.25, -0.2) is 0 Å². The lowest BCUT2D eigenvalue weighted by Crippen LogP contribution is -2.52. The fourth-order valence-corrected chi connectivity index (χ4v) is 1.65. The molecule has 3 nitrogen and oxygen atoms in total. The molecule has 1 atom stereocenters. The SMILES string of the molecule is CCCCC(CC)NC(C)(C)C(=O)OC. The highest BCUT2D eigenvalue weighted by molar-refractivity contribution is 5.79. The van der Waals surface area contributed by atoms with Crippen molar-refractivity contribution in [3.8, 4) is 0 Å². The van der Waals surface area contributed by atoms with Gasteiger partial charge in [0.1, 0.15) is 5.54 Å². The number of ether oxygens (including phenoxy) is 1. The summed E-state index contributed by atoms with van der Waals surface area (Å²) < 4.78 is 4.76. The first-order chi connectivity index (χ1) is 6.97. The normalized spacial score (nSPS) is 13.7. The van der Waals surface area contributed by atoms with E-state index in [0.29, 0.717) is 6.04 Å². The minimum atomic E-state index is -0.580. The van der Waals surface area contributed by atoms with Crippen molar-refractivity contribution in [3.05, 3.63) is 0 Å². The number of unbranched alkanes of at least 4 members (excludes halogenated alkanes) is 1. The highest BCUT2D eigenvalue weighted by Crippen LogP contribution is 2.11. The van der Waals surface area contributed by atoms with Crippen LogP contribution in [0.15, 0.2) is 0 Å². The molecule has 1 N–H and O–H groups in total. The average molecular weight is 215 g/mol. The zero-order chi connectivity index (χ0) is 11.9. The molecule has 0 saturated heterocycles. The second kappa shape index (κ2) is 6.83. The van der Waals surface area contributed by atoms with Crippen LogP contribution in [0.4, 0.5) is 0 Å². The molecule has 0 aliphatic rings. The van der Waals surface area contributed by atoms with E-state index in [1.165, 1.54) is 20.0 Å². The number of hydrogen-bond donors (Lipinski definition) is 1. The lowest BCUT2D eigenvalue weighted by atomic mass is 10.0. The van der Waals surface area contributed by atoms with Gasteiger partial charge in [0.15, 0.2) is 0 Å². The van der Waals surface area contributed by atoms with Crippen LogP contribution in [0.25, 0.3) is 0 Å². The molecule has 15 heavy (non-hydrogen) atoms. The van der Waals surface area contributed by atoms with Gasteiger partial charge < -0.3 is 4.74 Å². The van der Waals surface area contributed by atoms with Crippen LogP contribution >= 0.6 is 0 Å². The highest BCUT2D eigenvalue weighted by Gasteiger charge is 2.30. The van der Waals surface area contributed by atoms with E-state index in [1.807, 2.05) is 13.8 Å². The Kier molecular flexibility index (Phi) is 6.57. The van der Waals surface area contributed by atoms with E-state index in [0.717, 1.165) is 12.8 Å². The number of nitrogens with one attached hydrogen (secondary N) is 1. The molecule has 0 aromatic heterocycles. The molecule has 90 valence electrons. The van der Waals surface area contributed by atoms with Crippen molar-refractivity contribution in [1.82, 2.24) is 5.32 Å². The number of carbonyl (C=O) groups excluding carboxylic acids is 1. The number of esters is 1. The Morgan fingerprint density at radius 2 is 2.00 bits per heavy atom. The zero-order valence-corrected chi connectivity index (χ0v) is 10.7. The summed E-state index contributed by atoms with van der Waals surface area (Å²) in [6.07, 6.45) is 4.55. The molecular weight excluding hydrogens is 190 g/mol. The van der Waals surface area contributed by atoms with Crippen LogP contribution in [-0.2, 0) is 9.53 Å². The van der Waals surface area contributed by atoms with Crippen molar-refractivity contribution in [2.24, 2.45) is 0 Å². The van der Waals surface area contributed by atoms with E-state index in [1.54, 1.807) is 0 Å².